The number of alkyl halides is 3. The molecule has 0 spiro atoms. The van der Waals surface area contributed by atoms with Gasteiger partial charge >= 0.3 is 6.18 Å². The zero-order chi connectivity index (χ0) is 10.5. The summed E-state index contributed by atoms with van der Waals surface area (Å²) in [6.45, 7) is 5.30. The maximum Gasteiger partial charge on any atom is 0.419 e. The maximum atomic E-state index is 12.0. The highest BCUT2D eigenvalue weighted by Gasteiger charge is 2.33. The van der Waals surface area contributed by atoms with Gasteiger partial charge in [-0.1, -0.05) is 13.8 Å². The molecule has 0 aliphatic carbocycles. The van der Waals surface area contributed by atoms with E-state index in [4.69, 9.17) is 0 Å². The molecule has 0 aliphatic heterocycles. The van der Waals surface area contributed by atoms with Crippen molar-refractivity contribution in [2.75, 3.05) is 0 Å². The second-order valence-electron chi connectivity index (χ2n) is 2.02. The van der Waals surface area contributed by atoms with Crippen molar-refractivity contribution in [2.45, 2.75) is 26.9 Å². The predicted molar refractivity (Wildman–Crippen MR) is 43.1 cm³/mol. The molecule has 5 heteroatoms. The van der Waals surface area contributed by atoms with Crippen molar-refractivity contribution in [3.8, 4) is 0 Å². The molecule has 0 amide bonds. The van der Waals surface area contributed by atoms with Crippen molar-refractivity contribution in [1.82, 2.24) is 9.97 Å². The Bertz CT molecular complexity index is 258. The van der Waals surface area contributed by atoms with Gasteiger partial charge in [-0.3, -0.25) is 0 Å². The minimum absolute atomic E-state index is 0.0486. The van der Waals surface area contributed by atoms with E-state index in [0.717, 1.165) is 12.5 Å². The molecule has 1 heterocycles. The Morgan fingerprint density at radius 1 is 1.23 bits per heavy atom. The monoisotopic (exact) mass is 192 g/mol. The lowest BCUT2D eigenvalue weighted by atomic mass is 10.2. The van der Waals surface area contributed by atoms with Crippen molar-refractivity contribution in [3.63, 3.8) is 0 Å². The molecule has 0 atom stereocenters. The SMILES string of the molecule is CC.Cc1ncncc1C(F)(F)F. The number of aromatic nitrogens is 2. The van der Waals surface area contributed by atoms with Gasteiger partial charge in [-0.15, -0.1) is 0 Å². The second-order valence-corrected chi connectivity index (χ2v) is 2.02. The largest absolute Gasteiger partial charge is 0.419 e. The number of hydrogen-bond acceptors (Lipinski definition) is 2. The predicted octanol–water partition coefficient (Wildman–Crippen LogP) is 2.83. The van der Waals surface area contributed by atoms with Crippen molar-refractivity contribution in [1.29, 1.82) is 0 Å². The topological polar surface area (TPSA) is 25.8 Å². The Morgan fingerprint density at radius 2 is 1.77 bits per heavy atom. The summed E-state index contributed by atoms with van der Waals surface area (Å²) in [5.41, 5.74) is -0.826. The standard InChI is InChI=1S/C6H5F3N2.C2H6/c1-4-5(6(7,8)9)2-10-3-11-4;1-2/h2-3H,1H3;1-2H3. The molecule has 13 heavy (non-hydrogen) atoms. The Kier molecular flexibility index (Phi) is 4.37. The van der Waals surface area contributed by atoms with Crippen molar-refractivity contribution in [3.05, 3.63) is 23.8 Å². The first-order valence-electron chi connectivity index (χ1n) is 3.85. The highest BCUT2D eigenvalue weighted by atomic mass is 19.4. The molecule has 0 N–H and O–H groups in total. The number of hydrogen-bond donors (Lipinski definition) is 0. The van der Waals surface area contributed by atoms with Crippen LogP contribution in [-0.2, 0) is 6.18 Å². The molecular formula is C8H11F3N2. The van der Waals surface area contributed by atoms with Crippen LogP contribution in [0.2, 0.25) is 0 Å². The third-order valence-corrected chi connectivity index (χ3v) is 1.22. The molecule has 0 saturated carbocycles. The number of halogens is 3. The van der Waals surface area contributed by atoms with E-state index in [1.165, 1.54) is 6.92 Å². The molecule has 0 aliphatic rings. The summed E-state index contributed by atoms with van der Waals surface area (Å²) < 4.78 is 35.9. The Balaban J connectivity index is 0.000000671. The summed E-state index contributed by atoms with van der Waals surface area (Å²) in [4.78, 5) is 6.70. The van der Waals surface area contributed by atoms with Crippen LogP contribution in [0.25, 0.3) is 0 Å². The van der Waals surface area contributed by atoms with Crippen LogP contribution in [0.4, 0.5) is 13.2 Å². The Hall–Kier alpha value is -1.13. The molecule has 0 saturated heterocycles. The van der Waals surface area contributed by atoms with Gasteiger partial charge in [-0.05, 0) is 6.92 Å². The fourth-order valence-corrected chi connectivity index (χ4v) is 0.669. The van der Waals surface area contributed by atoms with Gasteiger partial charge < -0.3 is 0 Å². The van der Waals surface area contributed by atoms with E-state index in [2.05, 4.69) is 9.97 Å². The molecule has 1 rings (SSSR count). The van der Waals surface area contributed by atoms with Crippen LogP contribution in [0.5, 0.6) is 0 Å². The van der Waals surface area contributed by atoms with Gasteiger partial charge in [-0.2, -0.15) is 13.2 Å². The normalized spacial score (nSPS) is 10.3. The molecule has 0 fully saturated rings. The lowest BCUT2D eigenvalue weighted by molar-refractivity contribution is -0.138. The maximum absolute atomic E-state index is 12.0. The van der Waals surface area contributed by atoms with Crippen molar-refractivity contribution >= 4 is 0 Å². The molecular weight excluding hydrogens is 181 g/mol. The average Bonchev–Trinajstić information content (AvgIpc) is 2.07. The molecule has 0 unspecified atom stereocenters. The Labute approximate surface area is 74.8 Å². The fraction of sp³-hybridized carbons (Fsp3) is 0.500. The Morgan fingerprint density at radius 3 is 2.08 bits per heavy atom. The van der Waals surface area contributed by atoms with E-state index in [1.807, 2.05) is 13.8 Å². The number of rotatable bonds is 0. The summed E-state index contributed by atoms with van der Waals surface area (Å²) >= 11 is 0. The summed E-state index contributed by atoms with van der Waals surface area (Å²) in [6.07, 6.45) is -2.49. The van der Waals surface area contributed by atoms with Crippen LogP contribution in [0.3, 0.4) is 0 Å². The smallest absolute Gasteiger partial charge is 0.244 e. The highest BCUT2D eigenvalue weighted by molar-refractivity contribution is 5.17. The first kappa shape index (κ1) is 11.9. The van der Waals surface area contributed by atoms with Crippen molar-refractivity contribution < 1.29 is 13.2 Å². The molecule has 1 aromatic rings. The van der Waals surface area contributed by atoms with E-state index >= 15 is 0 Å². The third-order valence-electron chi connectivity index (χ3n) is 1.22. The average molecular weight is 192 g/mol. The minimum atomic E-state index is -4.34. The third kappa shape index (κ3) is 3.40. The fourth-order valence-electron chi connectivity index (χ4n) is 0.669. The van der Waals surface area contributed by atoms with Gasteiger partial charge in [0.15, 0.2) is 0 Å². The zero-order valence-corrected chi connectivity index (χ0v) is 7.68. The van der Waals surface area contributed by atoms with Gasteiger partial charge in [0.25, 0.3) is 0 Å². The van der Waals surface area contributed by atoms with Gasteiger partial charge in [0.2, 0.25) is 0 Å². The van der Waals surface area contributed by atoms with E-state index in [0.29, 0.717) is 0 Å². The van der Waals surface area contributed by atoms with Crippen LogP contribution in [0.15, 0.2) is 12.5 Å². The highest BCUT2D eigenvalue weighted by Crippen LogP contribution is 2.29. The zero-order valence-electron chi connectivity index (χ0n) is 7.68. The summed E-state index contributed by atoms with van der Waals surface area (Å²) in [5.74, 6) is 0. The lowest BCUT2D eigenvalue weighted by Crippen LogP contribution is -2.08. The molecule has 0 radical (unpaired) electrons. The molecule has 0 bridgehead atoms. The van der Waals surface area contributed by atoms with E-state index < -0.39 is 11.7 Å². The number of aryl methyl sites for hydroxylation is 1. The molecule has 0 aromatic carbocycles. The first-order valence-corrected chi connectivity index (χ1v) is 3.85. The lowest BCUT2D eigenvalue weighted by Gasteiger charge is -2.06. The summed E-state index contributed by atoms with van der Waals surface area (Å²) in [7, 11) is 0. The van der Waals surface area contributed by atoms with Crippen LogP contribution >= 0.6 is 0 Å². The summed E-state index contributed by atoms with van der Waals surface area (Å²) in [5, 5.41) is 0. The molecule has 74 valence electrons. The van der Waals surface area contributed by atoms with E-state index in [9.17, 15) is 13.2 Å². The second kappa shape index (κ2) is 4.79. The van der Waals surface area contributed by atoms with Crippen LogP contribution in [0.1, 0.15) is 25.1 Å². The van der Waals surface area contributed by atoms with Crippen molar-refractivity contribution in [2.24, 2.45) is 0 Å². The van der Waals surface area contributed by atoms with Gasteiger partial charge in [-0.25, -0.2) is 9.97 Å². The van der Waals surface area contributed by atoms with E-state index in [-0.39, 0.29) is 5.69 Å². The minimum Gasteiger partial charge on any atom is -0.244 e. The first-order chi connectivity index (χ1) is 6.02. The summed E-state index contributed by atoms with van der Waals surface area (Å²) in [6, 6.07) is 0. The van der Waals surface area contributed by atoms with Gasteiger partial charge in [0, 0.05) is 6.20 Å². The van der Waals surface area contributed by atoms with E-state index in [1.54, 1.807) is 0 Å². The number of nitrogens with zero attached hydrogens (tertiary/aromatic N) is 2. The molecule has 1 aromatic heterocycles. The van der Waals surface area contributed by atoms with Crippen LogP contribution in [-0.4, -0.2) is 9.97 Å². The van der Waals surface area contributed by atoms with Crippen LogP contribution in [0, 0.1) is 6.92 Å². The van der Waals surface area contributed by atoms with Crippen LogP contribution < -0.4 is 0 Å². The molecule has 2 nitrogen and oxygen atoms in total. The quantitative estimate of drug-likeness (QED) is 0.631. The van der Waals surface area contributed by atoms with Gasteiger partial charge in [0.1, 0.15) is 6.33 Å². The van der Waals surface area contributed by atoms with Gasteiger partial charge in [0.05, 0.1) is 11.3 Å².